The third-order valence-electron chi connectivity index (χ3n) is 2.91. The first-order chi connectivity index (χ1) is 7.63. The third-order valence-corrected chi connectivity index (χ3v) is 3.00. The predicted molar refractivity (Wildman–Crippen MR) is 70.6 cm³/mol. The largest absolute Gasteiger partial charge is 0.299 e. The second-order valence-electron chi connectivity index (χ2n) is 4.21. The zero-order valence-corrected chi connectivity index (χ0v) is 11.6. The molecule has 1 amide bonds. The highest BCUT2D eigenvalue weighted by atomic mass is 32.1. The van der Waals surface area contributed by atoms with Gasteiger partial charge in [0.25, 0.3) is 5.24 Å². The van der Waals surface area contributed by atoms with Crippen LogP contribution < -0.4 is 5.48 Å². The van der Waals surface area contributed by atoms with Gasteiger partial charge in [-0.2, -0.15) is 0 Å². The maximum absolute atomic E-state index is 10.6. The normalized spacial score (nSPS) is 14.5. The lowest BCUT2D eigenvalue weighted by Crippen LogP contribution is -2.27. The summed E-state index contributed by atoms with van der Waals surface area (Å²) >= 11 is 3.61. The fraction of sp³-hybridized carbons (Fsp3) is 0.917. The number of carbonyl (C=O) groups is 1. The first-order valence-corrected chi connectivity index (χ1v) is 6.73. The molecule has 2 unspecified atom stereocenters. The lowest BCUT2D eigenvalue weighted by Gasteiger charge is -2.21. The zero-order valence-electron chi connectivity index (χ0n) is 10.7. The first kappa shape index (κ1) is 15.8. The Morgan fingerprint density at radius 3 is 2.44 bits per heavy atom. The van der Waals surface area contributed by atoms with Gasteiger partial charge in [0.1, 0.15) is 0 Å². The number of carbonyl (C=O) groups excluding carboxylic acids is 1. The molecule has 0 rings (SSSR count). The Labute approximate surface area is 105 Å². The zero-order chi connectivity index (χ0) is 12.4. The summed E-state index contributed by atoms with van der Waals surface area (Å²) in [4.78, 5) is 15.9. The van der Waals surface area contributed by atoms with Crippen LogP contribution in [0.15, 0.2) is 0 Å². The summed E-state index contributed by atoms with van der Waals surface area (Å²) < 4.78 is 0. The van der Waals surface area contributed by atoms with Crippen LogP contribution in [0.4, 0.5) is 4.79 Å². The highest BCUT2D eigenvalue weighted by molar-refractivity contribution is 7.96. The van der Waals surface area contributed by atoms with Crippen molar-refractivity contribution in [1.29, 1.82) is 0 Å². The van der Waals surface area contributed by atoms with Gasteiger partial charge in [0.05, 0.1) is 6.10 Å². The van der Waals surface area contributed by atoms with Gasteiger partial charge >= 0.3 is 0 Å². The van der Waals surface area contributed by atoms with E-state index in [9.17, 15) is 4.79 Å². The van der Waals surface area contributed by atoms with Crippen LogP contribution in [0.2, 0.25) is 0 Å². The molecule has 0 spiro atoms. The molecule has 0 fully saturated rings. The topological polar surface area (TPSA) is 38.3 Å². The molecule has 4 heteroatoms. The van der Waals surface area contributed by atoms with Crippen molar-refractivity contribution in [1.82, 2.24) is 5.48 Å². The number of amides is 1. The lowest BCUT2D eigenvalue weighted by molar-refractivity contribution is -0.0141. The summed E-state index contributed by atoms with van der Waals surface area (Å²) in [5.74, 6) is 0.696. The van der Waals surface area contributed by atoms with E-state index in [2.05, 4.69) is 38.9 Å². The van der Waals surface area contributed by atoms with Gasteiger partial charge in [-0.3, -0.25) is 9.63 Å². The maximum Gasteiger partial charge on any atom is 0.299 e. The molecule has 2 atom stereocenters. The summed E-state index contributed by atoms with van der Waals surface area (Å²) in [6.07, 6.45) is 6.97. The second kappa shape index (κ2) is 9.97. The third kappa shape index (κ3) is 7.99. The van der Waals surface area contributed by atoms with Gasteiger partial charge in [-0.15, -0.1) is 0 Å². The molecule has 0 saturated heterocycles. The fourth-order valence-electron chi connectivity index (χ4n) is 1.79. The molecule has 0 radical (unpaired) electrons. The van der Waals surface area contributed by atoms with E-state index < -0.39 is 5.24 Å². The van der Waals surface area contributed by atoms with E-state index in [1.807, 2.05) is 0 Å². The molecule has 0 bridgehead atoms. The summed E-state index contributed by atoms with van der Waals surface area (Å²) in [6, 6.07) is 0. The Morgan fingerprint density at radius 1 is 1.31 bits per heavy atom. The summed E-state index contributed by atoms with van der Waals surface area (Å²) in [5.41, 5.74) is 2.31. The monoisotopic (exact) mass is 247 g/mol. The summed E-state index contributed by atoms with van der Waals surface area (Å²) in [7, 11) is 0. The molecule has 0 aliphatic heterocycles. The standard InChI is InChI=1S/C12H25NO2S/c1-4-7-8-10(5-2)9-11(6-3)15-13-12(14)16/h10-11H,4-9H2,1-3H3,(H2,13,14,16). The van der Waals surface area contributed by atoms with E-state index in [4.69, 9.17) is 4.84 Å². The number of nitrogens with one attached hydrogen (secondary N) is 1. The molecule has 96 valence electrons. The molecular weight excluding hydrogens is 222 g/mol. The Hall–Kier alpha value is -0.220. The minimum absolute atomic E-state index is 0.109. The van der Waals surface area contributed by atoms with Gasteiger partial charge < -0.3 is 0 Å². The van der Waals surface area contributed by atoms with E-state index in [1.54, 1.807) is 0 Å². The molecule has 3 nitrogen and oxygen atoms in total. The quantitative estimate of drug-likeness (QED) is 0.478. The number of unbranched alkanes of at least 4 members (excludes halogenated alkanes) is 1. The van der Waals surface area contributed by atoms with Crippen LogP contribution in [0.1, 0.15) is 59.3 Å². The van der Waals surface area contributed by atoms with E-state index in [0.29, 0.717) is 5.92 Å². The lowest BCUT2D eigenvalue weighted by atomic mass is 9.92. The summed E-state index contributed by atoms with van der Waals surface area (Å²) in [5, 5.41) is -0.431. The van der Waals surface area contributed by atoms with Crippen LogP contribution in [0.25, 0.3) is 0 Å². The van der Waals surface area contributed by atoms with Gasteiger partial charge in [0.15, 0.2) is 0 Å². The predicted octanol–water partition coefficient (Wildman–Crippen LogP) is 3.94. The van der Waals surface area contributed by atoms with Gasteiger partial charge in [0, 0.05) is 0 Å². The fourth-order valence-corrected chi connectivity index (χ4v) is 1.84. The van der Waals surface area contributed by atoms with Crippen molar-refractivity contribution in [2.24, 2.45) is 5.92 Å². The Bertz CT molecular complexity index is 188. The molecule has 0 heterocycles. The Morgan fingerprint density at radius 2 is 2.00 bits per heavy atom. The molecular formula is C12H25NO2S. The van der Waals surface area contributed by atoms with Crippen LogP contribution in [0.3, 0.4) is 0 Å². The van der Waals surface area contributed by atoms with E-state index in [-0.39, 0.29) is 6.10 Å². The molecule has 0 aromatic heterocycles. The molecule has 0 aliphatic carbocycles. The molecule has 1 N–H and O–H groups in total. The van der Waals surface area contributed by atoms with Crippen molar-refractivity contribution in [3.63, 3.8) is 0 Å². The molecule has 0 aromatic carbocycles. The van der Waals surface area contributed by atoms with E-state index in [1.165, 1.54) is 25.7 Å². The van der Waals surface area contributed by atoms with Crippen LogP contribution in [0.5, 0.6) is 0 Å². The second-order valence-corrected chi connectivity index (χ2v) is 4.61. The first-order valence-electron chi connectivity index (χ1n) is 6.28. The summed E-state index contributed by atoms with van der Waals surface area (Å²) in [6.45, 7) is 6.49. The van der Waals surface area contributed by atoms with Crippen molar-refractivity contribution in [2.75, 3.05) is 0 Å². The van der Waals surface area contributed by atoms with E-state index in [0.717, 1.165) is 12.8 Å². The number of hydrogen-bond donors (Lipinski definition) is 2. The molecule has 0 aliphatic rings. The van der Waals surface area contributed by atoms with Crippen molar-refractivity contribution in [3.8, 4) is 0 Å². The molecule has 0 saturated carbocycles. The van der Waals surface area contributed by atoms with Gasteiger partial charge in [-0.25, -0.2) is 5.48 Å². The van der Waals surface area contributed by atoms with Crippen molar-refractivity contribution in [2.45, 2.75) is 65.4 Å². The maximum atomic E-state index is 10.6. The molecule has 0 aromatic rings. The highest BCUT2D eigenvalue weighted by Gasteiger charge is 2.15. The van der Waals surface area contributed by atoms with Crippen molar-refractivity contribution >= 4 is 17.9 Å². The van der Waals surface area contributed by atoms with Crippen LogP contribution in [0, 0.1) is 5.92 Å². The smallest absolute Gasteiger partial charge is 0.270 e. The number of hydroxylamine groups is 1. The number of hydrogen-bond acceptors (Lipinski definition) is 2. The van der Waals surface area contributed by atoms with Crippen LogP contribution in [-0.4, -0.2) is 11.3 Å². The number of rotatable bonds is 9. The SMILES string of the molecule is CCCCC(CC)CC(CC)ONC(=O)S. The van der Waals surface area contributed by atoms with Gasteiger partial charge in [-0.1, -0.05) is 59.1 Å². The number of thiol groups is 1. The highest BCUT2D eigenvalue weighted by Crippen LogP contribution is 2.20. The van der Waals surface area contributed by atoms with Crippen LogP contribution >= 0.6 is 12.6 Å². The average Bonchev–Trinajstić information content (AvgIpc) is 2.28. The van der Waals surface area contributed by atoms with Gasteiger partial charge in [0.2, 0.25) is 0 Å². The average molecular weight is 247 g/mol. The Kier molecular flexibility index (Phi) is 9.83. The minimum atomic E-state index is -0.431. The molecule has 16 heavy (non-hydrogen) atoms. The van der Waals surface area contributed by atoms with Crippen LogP contribution in [-0.2, 0) is 4.84 Å². The minimum Gasteiger partial charge on any atom is -0.270 e. The van der Waals surface area contributed by atoms with Gasteiger partial charge in [-0.05, 0) is 18.8 Å². The Balaban J connectivity index is 3.90. The van der Waals surface area contributed by atoms with Crippen molar-refractivity contribution in [3.05, 3.63) is 0 Å². The van der Waals surface area contributed by atoms with E-state index >= 15 is 0 Å². The van der Waals surface area contributed by atoms with Crippen molar-refractivity contribution < 1.29 is 9.63 Å².